The maximum absolute atomic E-state index is 13.0. The summed E-state index contributed by atoms with van der Waals surface area (Å²) >= 11 is 0. The van der Waals surface area contributed by atoms with Gasteiger partial charge in [0, 0.05) is 12.1 Å². The number of ether oxygens (including phenoxy) is 1. The monoisotopic (exact) mass is 244 g/mol. The molecule has 2 aromatic rings. The topological polar surface area (TPSA) is 66.1 Å². The third-order valence-electron chi connectivity index (χ3n) is 2.24. The first-order valence-electron chi connectivity index (χ1n) is 5.17. The zero-order chi connectivity index (χ0) is 13.0. The molecule has 0 fully saturated rings. The fourth-order valence-electron chi connectivity index (χ4n) is 1.41. The highest BCUT2D eigenvalue weighted by Gasteiger charge is 2.06. The summed E-state index contributed by atoms with van der Waals surface area (Å²) in [6.07, 6.45) is 0. The highest BCUT2D eigenvalue weighted by Crippen LogP contribution is 2.21. The summed E-state index contributed by atoms with van der Waals surface area (Å²) in [7, 11) is 0. The largest absolute Gasteiger partial charge is 0.439 e. The van der Waals surface area contributed by atoms with E-state index in [0.29, 0.717) is 5.75 Å². The Balaban J connectivity index is 2.28. The molecule has 1 aromatic heterocycles. The first-order valence-corrected chi connectivity index (χ1v) is 5.17. The number of nitriles is 1. The number of aliphatic hydroxyl groups excluding tert-OH is 1. The van der Waals surface area contributed by atoms with Crippen LogP contribution in [-0.2, 0) is 6.61 Å². The first kappa shape index (κ1) is 12.0. The molecule has 5 heteroatoms. The number of pyridine rings is 1. The summed E-state index contributed by atoms with van der Waals surface area (Å²) in [5, 5.41) is 17.8. The predicted molar refractivity (Wildman–Crippen MR) is 61.3 cm³/mol. The molecule has 0 saturated carbocycles. The SMILES string of the molecule is N#Cc1ccc(Oc2cccc(F)c2)nc1CO. The summed E-state index contributed by atoms with van der Waals surface area (Å²) in [4.78, 5) is 3.97. The van der Waals surface area contributed by atoms with Crippen LogP contribution in [0.15, 0.2) is 36.4 Å². The van der Waals surface area contributed by atoms with E-state index < -0.39 is 5.82 Å². The maximum Gasteiger partial charge on any atom is 0.219 e. The number of hydrogen-bond donors (Lipinski definition) is 1. The predicted octanol–water partition coefficient (Wildman–Crippen LogP) is 2.38. The molecule has 1 aromatic carbocycles. The summed E-state index contributed by atoms with van der Waals surface area (Å²) in [5.41, 5.74) is 0.510. The van der Waals surface area contributed by atoms with Gasteiger partial charge >= 0.3 is 0 Å². The zero-order valence-electron chi connectivity index (χ0n) is 9.30. The maximum atomic E-state index is 13.0. The minimum Gasteiger partial charge on any atom is -0.439 e. The molecule has 0 bridgehead atoms. The van der Waals surface area contributed by atoms with Gasteiger partial charge in [-0.1, -0.05) is 6.07 Å². The first-order chi connectivity index (χ1) is 8.72. The molecular formula is C13H9FN2O2. The van der Waals surface area contributed by atoms with Crippen LogP contribution in [0.1, 0.15) is 11.3 Å². The van der Waals surface area contributed by atoms with E-state index in [1.165, 1.54) is 30.3 Å². The zero-order valence-corrected chi connectivity index (χ0v) is 9.30. The molecule has 4 nitrogen and oxygen atoms in total. The second kappa shape index (κ2) is 5.25. The van der Waals surface area contributed by atoms with Crippen molar-refractivity contribution in [1.29, 1.82) is 5.26 Å². The smallest absolute Gasteiger partial charge is 0.219 e. The normalized spacial score (nSPS) is 9.83. The molecule has 1 heterocycles. The molecule has 0 radical (unpaired) electrons. The second-order valence-corrected chi connectivity index (χ2v) is 3.47. The summed E-state index contributed by atoms with van der Waals surface area (Å²) in [6.45, 7) is -0.358. The average molecular weight is 244 g/mol. The van der Waals surface area contributed by atoms with E-state index >= 15 is 0 Å². The molecule has 0 aliphatic heterocycles. The lowest BCUT2D eigenvalue weighted by Crippen LogP contribution is -1.97. The van der Waals surface area contributed by atoms with Crippen molar-refractivity contribution in [1.82, 2.24) is 4.98 Å². The van der Waals surface area contributed by atoms with Gasteiger partial charge in [0.15, 0.2) is 0 Å². The minimum absolute atomic E-state index is 0.198. The van der Waals surface area contributed by atoms with Gasteiger partial charge < -0.3 is 9.84 Å². The van der Waals surface area contributed by atoms with Crippen LogP contribution in [0.3, 0.4) is 0 Å². The van der Waals surface area contributed by atoms with E-state index in [1.54, 1.807) is 6.07 Å². The molecule has 0 atom stereocenters. The molecule has 0 spiro atoms. The van der Waals surface area contributed by atoms with Crippen molar-refractivity contribution in [2.24, 2.45) is 0 Å². The van der Waals surface area contributed by atoms with E-state index in [0.717, 1.165) is 0 Å². The van der Waals surface area contributed by atoms with Gasteiger partial charge in [-0.05, 0) is 18.2 Å². The number of benzene rings is 1. The minimum atomic E-state index is -0.413. The van der Waals surface area contributed by atoms with Crippen molar-refractivity contribution in [3.63, 3.8) is 0 Å². The number of hydrogen-bond acceptors (Lipinski definition) is 4. The third kappa shape index (κ3) is 2.62. The molecule has 0 aliphatic carbocycles. The van der Waals surface area contributed by atoms with Crippen molar-refractivity contribution in [2.45, 2.75) is 6.61 Å². The lowest BCUT2D eigenvalue weighted by molar-refractivity contribution is 0.275. The van der Waals surface area contributed by atoms with Crippen molar-refractivity contribution in [3.05, 3.63) is 53.5 Å². The molecule has 0 unspecified atom stereocenters. The molecule has 0 amide bonds. The highest BCUT2D eigenvalue weighted by atomic mass is 19.1. The van der Waals surface area contributed by atoms with E-state index in [2.05, 4.69) is 4.98 Å². The van der Waals surface area contributed by atoms with Crippen LogP contribution in [0.5, 0.6) is 11.6 Å². The summed E-state index contributed by atoms with van der Waals surface area (Å²) in [6, 6.07) is 10.5. The third-order valence-corrected chi connectivity index (χ3v) is 2.24. The van der Waals surface area contributed by atoms with Gasteiger partial charge in [-0.15, -0.1) is 0 Å². The van der Waals surface area contributed by atoms with Crippen LogP contribution in [0.4, 0.5) is 4.39 Å². The fraction of sp³-hybridized carbons (Fsp3) is 0.0769. The Morgan fingerprint density at radius 1 is 1.33 bits per heavy atom. The number of aromatic nitrogens is 1. The van der Waals surface area contributed by atoms with Crippen LogP contribution in [0.25, 0.3) is 0 Å². The van der Waals surface area contributed by atoms with Crippen LogP contribution in [-0.4, -0.2) is 10.1 Å². The van der Waals surface area contributed by atoms with Crippen LogP contribution in [0, 0.1) is 17.1 Å². The molecule has 1 N–H and O–H groups in total. The average Bonchev–Trinajstić information content (AvgIpc) is 2.38. The van der Waals surface area contributed by atoms with Crippen LogP contribution in [0.2, 0.25) is 0 Å². The Morgan fingerprint density at radius 2 is 2.17 bits per heavy atom. The van der Waals surface area contributed by atoms with Crippen LogP contribution < -0.4 is 4.74 Å². The van der Waals surface area contributed by atoms with Gasteiger partial charge in [-0.2, -0.15) is 5.26 Å². The Kier molecular flexibility index (Phi) is 3.51. The summed E-state index contributed by atoms with van der Waals surface area (Å²) < 4.78 is 18.3. The Morgan fingerprint density at radius 3 is 2.83 bits per heavy atom. The second-order valence-electron chi connectivity index (χ2n) is 3.47. The lowest BCUT2D eigenvalue weighted by atomic mass is 10.2. The van der Waals surface area contributed by atoms with Crippen molar-refractivity contribution >= 4 is 0 Å². The Hall–Kier alpha value is -2.45. The Bertz CT molecular complexity index is 608. The van der Waals surface area contributed by atoms with E-state index in [4.69, 9.17) is 15.1 Å². The highest BCUT2D eigenvalue weighted by molar-refractivity contribution is 5.37. The molecule has 2 rings (SSSR count). The van der Waals surface area contributed by atoms with Crippen molar-refractivity contribution in [3.8, 4) is 17.7 Å². The lowest BCUT2D eigenvalue weighted by Gasteiger charge is -2.06. The van der Waals surface area contributed by atoms with Gasteiger partial charge in [0.1, 0.15) is 17.6 Å². The number of halogens is 1. The van der Waals surface area contributed by atoms with Crippen LogP contribution >= 0.6 is 0 Å². The van der Waals surface area contributed by atoms with Gasteiger partial charge in [0.05, 0.1) is 17.9 Å². The molecular weight excluding hydrogens is 235 g/mol. The van der Waals surface area contributed by atoms with Gasteiger partial charge in [-0.25, -0.2) is 9.37 Å². The van der Waals surface area contributed by atoms with Gasteiger partial charge in [0.2, 0.25) is 5.88 Å². The number of nitrogens with zero attached hydrogens (tertiary/aromatic N) is 2. The number of rotatable bonds is 3. The van der Waals surface area contributed by atoms with Gasteiger partial charge in [0.25, 0.3) is 0 Å². The number of aliphatic hydroxyl groups is 1. The quantitative estimate of drug-likeness (QED) is 0.900. The van der Waals surface area contributed by atoms with Gasteiger partial charge in [-0.3, -0.25) is 0 Å². The Labute approximate surface area is 103 Å². The van der Waals surface area contributed by atoms with E-state index in [9.17, 15) is 4.39 Å². The van der Waals surface area contributed by atoms with Crippen molar-refractivity contribution in [2.75, 3.05) is 0 Å². The van der Waals surface area contributed by atoms with E-state index in [-0.39, 0.29) is 23.7 Å². The standard InChI is InChI=1S/C13H9FN2O2/c14-10-2-1-3-11(6-10)18-13-5-4-9(7-15)12(8-17)16-13/h1-6,17H,8H2. The van der Waals surface area contributed by atoms with Crippen molar-refractivity contribution < 1.29 is 14.2 Å². The fourth-order valence-corrected chi connectivity index (χ4v) is 1.41. The molecule has 0 saturated heterocycles. The molecule has 0 aliphatic rings. The van der Waals surface area contributed by atoms with E-state index in [1.807, 2.05) is 6.07 Å². The summed E-state index contributed by atoms with van der Waals surface area (Å²) in [5.74, 6) is 0.0864. The molecule has 18 heavy (non-hydrogen) atoms. The molecule has 90 valence electrons.